The monoisotopic (exact) mass is 233 g/mol. The number of aromatic nitrogens is 3. The quantitative estimate of drug-likeness (QED) is 0.814. The molecule has 1 amide bonds. The Kier molecular flexibility index (Phi) is 3.70. The van der Waals surface area contributed by atoms with Gasteiger partial charge in [0.25, 0.3) is 5.91 Å². The standard InChI is InChI=1S/C11H15N5O/c12-6-9(8-4-2-1-3-5-8)14-11(17)10-7-13-16-15-10/h7-9H,1-5H2,(H,14,17)(H,13,15,16). The summed E-state index contributed by atoms with van der Waals surface area (Å²) in [7, 11) is 0. The third-order valence-electron chi connectivity index (χ3n) is 3.19. The number of H-pyrrole nitrogens is 1. The molecule has 1 aliphatic rings. The Morgan fingerprint density at radius 1 is 1.53 bits per heavy atom. The van der Waals surface area contributed by atoms with E-state index in [1.165, 1.54) is 12.6 Å². The van der Waals surface area contributed by atoms with Gasteiger partial charge in [-0.1, -0.05) is 19.3 Å². The number of carbonyl (C=O) groups is 1. The summed E-state index contributed by atoms with van der Waals surface area (Å²) in [5.41, 5.74) is 0.223. The predicted molar refractivity (Wildman–Crippen MR) is 59.8 cm³/mol. The van der Waals surface area contributed by atoms with Crippen LogP contribution < -0.4 is 5.32 Å². The lowest BCUT2D eigenvalue weighted by molar-refractivity contribution is 0.0924. The molecule has 2 N–H and O–H groups in total. The molecule has 0 spiro atoms. The summed E-state index contributed by atoms with van der Waals surface area (Å²) in [6.45, 7) is 0. The van der Waals surface area contributed by atoms with Crippen LogP contribution in [0.25, 0.3) is 0 Å². The van der Waals surface area contributed by atoms with Gasteiger partial charge in [-0.2, -0.15) is 20.7 Å². The van der Waals surface area contributed by atoms with Crippen molar-refractivity contribution >= 4 is 5.91 Å². The van der Waals surface area contributed by atoms with Crippen molar-refractivity contribution in [2.45, 2.75) is 38.1 Å². The molecular weight excluding hydrogens is 218 g/mol. The zero-order valence-corrected chi connectivity index (χ0v) is 9.52. The van der Waals surface area contributed by atoms with Crippen LogP contribution in [-0.2, 0) is 0 Å². The fraction of sp³-hybridized carbons (Fsp3) is 0.636. The molecule has 0 radical (unpaired) electrons. The van der Waals surface area contributed by atoms with Crippen molar-refractivity contribution in [3.63, 3.8) is 0 Å². The van der Waals surface area contributed by atoms with Gasteiger partial charge < -0.3 is 5.32 Å². The minimum atomic E-state index is -0.417. The Hall–Kier alpha value is -1.90. The van der Waals surface area contributed by atoms with Gasteiger partial charge in [0.05, 0.1) is 12.3 Å². The summed E-state index contributed by atoms with van der Waals surface area (Å²) in [6.07, 6.45) is 6.89. The van der Waals surface area contributed by atoms with Gasteiger partial charge in [-0.15, -0.1) is 0 Å². The molecule has 2 rings (SSSR count). The van der Waals surface area contributed by atoms with Crippen LogP contribution in [0, 0.1) is 17.2 Å². The highest BCUT2D eigenvalue weighted by Gasteiger charge is 2.25. The fourth-order valence-corrected chi connectivity index (χ4v) is 2.25. The highest BCUT2D eigenvalue weighted by Crippen LogP contribution is 2.26. The van der Waals surface area contributed by atoms with E-state index in [1.807, 2.05) is 0 Å². The molecule has 0 saturated heterocycles. The SMILES string of the molecule is N#CC(NC(=O)c1cn[nH]n1)C1CCCCC1. The van der Waals surface area contributed by atoms with Crippen LogP contribution in [0.5, 0.6) is 0 Å². The average Bonchev–Trinajstić information content (AvgIpc) is 2.90. The normalized spacial score (nSPS) is 18.3. The number of rotatable bonds is 3. The Balaban J connectivity index is 1.95. The van der Waals surface area contributed by atoms with Gasteiger partial charge in [0.2, 0.25) is 0 Å². The summed E-state index contributed by atoms with van der Waals surface area (Å²) < 4.78 is 0. The number of nitrogens with one attached hydrogen (secondary N) is 2. The third kappa shape index (κ3) is 2.81. The van der Waals surface area contributed by atoms with E-state index in [1.54, 1.807) is 0 Å². The summed E-state index contributed by atoms with van der Waals surface area (Å²) in [6, 6.07) is 1.76. The number of aromatic amines is 1. The van der Waals surface area contributed by atoms with Crippen molar-refractivity contribution in [1.82, 2.24) is 20.7 Å². The molecule has 1 unspecified atom stereocenters. The van der Waals surface area contributed by atoms with Crippen molar-refractivity contribution in [1.29, 1.82) is 5.26 Å². The molecule has 0 aliphatic heterocycles. The van der Waals surface area contributed by atoms with Crippen molar-refractivity contribution in [3.05, 3.63) is 11.9 Å². The molecular formula is C11H15N5O. The Morgan fingerprint density at radius 2 is 2.29 bits per heavy atom. The summed E-state index contributed by atoms with van der Waals surface area (Å²) >= 11 is 0. The first-order chi connectivity index (χ1) is 8.31. The van der Waals surface area contributed by atoms with Crippen molar-refractivity contribution in [3.8, 4) is 6.07 Å². The molecule has 1 aromatic heterocycles. The van der Waals surface area contributed by atoms with Gasteiger partial charge >= 0.3 is 0 Å². The first kappa shape index (κ1) is 11.6. The van der Waals surface area contributed by atoms with Crippen LogP contribution in [0.4, 0.5) is 0 Å². The largest absolute Gasteiger partial charge is 0.335 e. The van der Waals surface area contributed by atoms with Crippen LogP contribution in [0.1, 0.15) is 42.6 Å². The first-order valence-electron chi connectivity index (χ1n) is 5.87. The topological polar surface area (TPSA) is 94.5 Å². The third-order valence-corrected chi connectivity index (χ3v) is 3.19. The molecule has 6 heteroatoms. The van der Waals surface area contributed by atoms with Gasteiger partial charge in [0.15, 0.2) is 5.69 Å². The number of hydrogen-bond donors (Lipinski definition) is 2. The van der Waals surface area contributed by atoms with E-state index in [0.717, 1.165) is 25.7 Å². The van der Waals surface area contributed by atoms with E-state index in [2.05, 4.69) is 26.8 Å². The van der Waals surface area contributed by atoms with Gasteiger partial charge in [0, 0.05) is 0 Å². The van der Waals surface area contributed by atoms with Crippen LogP contribution >= 0.6 is 0 Å². The maximum absolute atomic E-state index is 11.7. The second-order valence-corrected chi connectivity index (χ2v) is 4.33. The molecule has 1 atom stereocenters. The van der Waals surface area contributed by atoms with Crippen molar-refractivity contribution < 1.29 is 4.79 Å². The lowest BCUT2D eigenvalue weighted by Crippen LogP contribution is -2.40. The minimum Gasteiger partial charge on any atom is -0.335 e. The Labute approximate surface area is 99.4 Å². The van der Waals surface area contributed by atoms with Crippen LogP contribution in [0.2, 0.25) is 0 Å². The Bertz CT molecular complexity index is 402. The van der Waals surface area contributed by atoms with E-state index >= 15 is 0 Å². The van der Waals surface area contributed by atoms with E-state index in [0.29, 0.717) is 0 Å². The average molecular weight is 233 g/mol. The predicted octanol–water partition coefficient (Wildman–Crippen LogP) is 1.01. The zero-order valence-electron chi connectivity index (χ0n) is 9.52. The molecule has 1 heterocycles. The summed E-state index contributed by atoms with van der Waals surface area (Å²) in [4.78, 5) is 11.7. The maximum atomic E-state index is 11.7. The number of nitrogens with zero attached hydrogens (tertiary/aromatic N) is 3. The van der Waals surface area contributed by atoms with E-state index < -0.39 is 6.04 Å². The lowest BCUT2D eigenvalue weighted by Gasteiger charge is -2.25. The molecule has 1 saturated carbocycles. The van der Waals surface area contributed by atoms with Crippen molar-refractivity contribution in [2.24, 2.45) is 5.92 Å². The molecule has 0 aromatic carbocycles. The van der Waals surface area contributed by atoms with E-state index in [-0.39, 0.29) is 17.5 Å². The second-order valence-electron chi connectivity index (χ2n) is 4.33. The molecule has 0 bridgehead atoms. The smallest absolute Gasteiger partial charge is 0.274 e. The van der Waals surface area contributed by atoms with Crippen LogP contribution in [0.3, 0.4) is 0 Å². The zero-order chi connectivity index (χ0) is 12.1. The molecule has 90 valence electrons. The fourth-order valence-electron chi connectivity index (χ4n) is 2.25. The lowest BCUT2D eigenvalue weighted by atomic mass is 9.84. The number of amides is 1. The number of nitriles is 1. The number of carbonyl (C=O) groups excluding carboxylic acids is 1. The maximum Gasteiger partial charge on any atom is 0.274 e. The molecule has 1 aromatic rings. The second kappa shape index (κ2) is 5.43. The van der Waals surface area contributed by atoms with E-state index in [9.17, 15) is 4.79 Å². The van der Waals surface area contributed by atoms with Crippen LogP contribution in [-0.4, -0.2) is 27.4 Å². The van der Waals surface area contributed by atoms with Gasteiger partial charge in [-0.25, -0.2) is 0 Å². The summed E-state index contributed by atoms with van der Waals surface area (Å²) in [5.74, 6) is -0.0690. The van der Waals surface area contributed by atoms with Gasteiger partial charge in [-0.3, -0.25) is 4.79 Å². The summed E-state index contributed by atoms with van der Waals surface area (Å²) in [5, 5.41) is 21.5. The number of hydrogen-bond acceptors (Lipinski definition) is 4. The molecule has 1 fully saturated rings. The highest BCUT2D eigenvalue weighted by molar-refractivity contribution is 5.92. The van der Waals surface area contributed by atoms with Crippen LogP contribution in [0.15, 0.2) is 6.20 Å². The van der Waals surface area contributed by atoms with Crippen molar-refractivity contribution in [2.75, 3.05) is 0 Å². The molecule has 17 heavy (non-hydrogen) atoms. The highest BCUT2D eigenvalue weighted by atomic mass is 16.2. The molecule has 6 nitrogen and oxygen atoms in total. The minimum absolute atomic E-state index is 0.223. The Morgan fingerprint density at radius 3 is 2.88 bits per heavy atom. The van der Waals surface area contributed by atoms with E-state index in [4.69, 9.17) is 5.26 Å². The van der Waals surface area contributed by atoms with Gasteiger partial charge in [-0.05, 0) is 18.8 Å². The molecule has 1 aliphatic carbocycles. The van der Waals surface area contributed by atoms with Gasteiger partial charge in [0.1, 0.15) is 6.04 Å². The first-order valence-corrected chi connectivity index (χ1v) is 5.87.